The molecule has 118 valence electrons. The van der Waals surface area contributed by atoms with E-state index in [1.165, 1.54) is 6.07 Å². The number of benzene rings is 1. The van der Waals surface area contributed by atoms with E-state index in [0.29, 0.717) is 12.1 Å². The van der Waals surface area contributed by atoms with Gasteiger partial charge in [0.05, 0.1) is 6.10 Å². The third kappa shape index (κ3) is 6.97. The molecule has 4 nitrogen and oxygen atoms in total. The lowest BCUT2D eigenvalue weighted by atomic mass is 9.97. The van der Waals surface area contributed by atoms with Crippen LogP contribution >= 0.6 is 0 Å². The van der Waals surface area contributed by atoms with E-state index in [1.807, 2.05) is 34.6 Å². The fraction of sp³-hybridized carbons (Fsp3) is 0.562. The molecule has 2 N–H and O–H groups in total. The van der Waals surface area contributed by atoms with E-state index in [2.05, 4.69) is 10.6 Å². The molecule has 1 aromatic rings. The summed E-state index contributed by atoms with van der Waals surface area (Å²) in [5.74, 6) is -0.191. The summed E-state index contributed by atoms with van der Waals surface area (Å²) in [6, 6.07) is 4.44. The van der Waals surface area contributed by atoms with Crippen LogP contribution in [0.1, 0.15) is 40.2 Å². The van der Waals surface area contributed by atoms with Crippen LogP contribution < -0.4 is 15.4 Å². The van der Waals surface area contributed by atoms with E-state index in [-0.39, 0.29) is 29.8 Å². The Morgan fingerprint density at radius 3 is 2.48 bits per heavy atom. The molecule has 0 saturated heterocycles. The number of hydrogen-bond donors (Lipinski definition) is 2. The molecule has 21 heavy (non-hydrogen) atoms. The smallest absolute Gasteiger partial charge is 0.315 e. The molecule has 2 amide bonds. The third-order valence-electron chi connectivity index (χ3n) is 2.59. The van der Waals surface area contributed by atoms with Crippen LogP contribution in [-0.4, -0.2) is 18.7 Å². The van der Waals surface area contributed by atoms with Crippen molar-refractivity contribution in [1.82, 2.24) is 10.6 Å². The first-order valence-electron chi connectivity index (χ1n) is 7.14. The Bertz CT molecular complexity index is 482. The number of ether oxygens (including phenoxy) is 1. The van der Waals surface area contributed by atoms with Crippen molar-refractivity contribution in [3.63, 3.8) is 0 Å². The summed E-state index contributed by atoms with van der Waals surface area (Å²) >= 11 is 0. The molecule has 0 heterocycles. The molecule has 0 unspecified atom stereocenters. The van der Waals surface area contributed by atoms with Crippen LogP contribution in [0.2, 0.25) is 0 Å². The van der Waals surface area contributed by atoms with E-state index in [9.17, 15) is 9.18 Å². The monoisotopic (exact) mass is 296 g/mol. The molecule has 0 saturated carbocycles. The van der Waals surface area contributed by atoms with E-state index < -0.39 is 5.82 Å². The van der Waals surface area contributed by atoms with Gasteiger partial charge in [-0.05, 0) is 37.0 Å². The minimum Gasteiger partial charge on any atom is -0.488 e. The largest absolute Gasteiger partial charge is 0.488 e. The van der Waals surface area contributed by atoms with Gasteiger partial charge in [0.25, 0.3) is 0 Å². The van der Waals surface area contributed by atoms with Crippen LogP contribution in [0.25, 0.3) is 0 Å². The number of amides is 2. The highest BCUT2D eigenvalue weighted by molar-refractivity contribution is 5.73. The Labute approximate surface area is 126 Å². The average molecular weight is 296 g/mol. The summed E-state index contributed by atoms with van der Waals surface area (Å²) in [6.45, 7) is 10.6. The normalized spacial score (nSPS) is 11.4. The van der Waals surface area contributed by atoms with Crippen molar-refractivity contribution in [2.24, 2.45) is 5.41 Å². The fourth-order valence-electron chi connectivity index (χ4n) is 1.59. The topological polar surface area (TPSA) is 50.4 Å². The van der Waals surface area contributed by atoms with E-state index in [4.69, 9.17) is 4.74 Å². The predicted molar refractivity (Wildman–Crippen MR) is 81.9 cm³/mol. The summed E-state index contributed by atoms with van der Waals surface area (Å²) < 4.78 is 19.1. The van der Waals surface area contributed by atoms with E-state index in [0.717, 1.165) is 0 Å². The summed E-state index contributed by atoms with van der Waals surface area (Å²) in [5, 5.41) is 5.48. The average Bonchev–Trinajstić information content (AvgIpc) is 2.35. The molecule has 0 aliphatic heterocycles. The maximum Gasteiger partial charge on any atom is 0.315 e. The highest BCUT2D eigenvalue weighted by Crippen LogP contribution is 2.19. The second-order valence-corrected chi connectivity index (χ2v) is 6.53. The summed E-state index contributed by atoms with van der Waals surface area (Å²) in [7, 11) is 0. The maximum atomic E-state index is 13.8. The van der Waals surface area contributed by atoms with Gasteiger partial charge >= 0.3 is 6.03 Å². The van der Waals surface area contributed by atoms with E-state index in [1.54, 1.807) is 12.1 Å². The predicted octanol–water partition coefficient (Wildman–Crippen LogP) is 3.46. The molecule has 0 radical (unpaired) electrons. The van der Waals surface area contributed by atoms with Crippen LogP contribution in [0.4, 0.5) is 9.18 Å². The Balaban J connectivity index is 2.49. The lowest BCUT2D eigenvalue weighted by Gasteiger charge is -2.19. The van der Waals surface area contributed by atoms with Gasteiger partial charge in [0.2, 0.25) is 0 Å². The molecular formula is C16H25FN2O2. The quantitative estimate of drug-likeness (QED) is 0.874. The van der Waals surface area contributed by atoms with Gasteiger partial charge < -0.3 is 15.4 Å². The molecule has 0 aromatic heterocycles. The van der Waals surface area contributed by atoms with Crippen molar-refractivity contribution in [2.45, 2.75) is 47.3 Å². The minimum absolute atomic E-state index is 0.0271. The zero-order valence-corrected chi connectivity index (χ0v) is 13.4. The highest BCUT2D eigenvalue weighted by Gasteiger charge is 2.12. The van der Waals surface area contributed by atoms with Crippen molar-refractivity contribution in [3.05, 3.63) is 29.6 Å². The summed E-state index contributed by atoms with van der Waals surface area (Å²) in [6.07, 6.45) is -0.0772. The number of carbonyl (C=O) groups is 1. The molecule has 0 aliphatic carbocycles. The van der Waals surface area contributed by atoms with Crippen LogP contribution in [0.3, 0.4) is 0 Å². The molecule has 0 bridgehead atoms. The highest BCUT2D eigenvalue weighted by atomic mass is 19.1. The fourth-order valence-corrected chi connectivity index (χ4v) is 1.59. The van der Waals surface area contributed by atoms with Gasteiger partial charge in [-0.2, -0.15) is 0 Å². The second-order valence-electron chi connectivity index (χ2n) is 6.53. The molecule has 1 rings (SSSR count). The number of urea groups is 1. The Kier molecular flexibility index (Phi) is 6.00. The van der Waals surface area contributed by atoms with Crippen molar-refractivity contribution in [3.8, 4) is 5.75 Å². The lowest BCUT2D eigenvalue weighted by molar-refractivity contribution is 0.231. The first-order chi connectivity index (χ1) is 9.67. The number of nitrogens with one attached hydrogen (secondary N) is 2. The molecule has 0 aliphatic rings. The standard InChI is InChI=1S/C16H25FN2O2/c1-11(2)21-14-7-6-12(8-13(14)17)9-18-15(20)19-10-16(3,4)5/h6-8,11H,9-10H2,1-5H3,(H2,18,19,20). The van der Waals surface area contributed by atoms with Gasteiger partial charge in [0.15, 0.2) is 11.6 Å². The molecule has 1 aromatic carbocycles. The summed E-state index contributed by atoms with van der Waals surface area (Å²) in [4.78, 5) is 11.6. The zero-order chi connectivity index (χ0) is 16.0. The second kappa shape index (κ2) is 7.29. The Morgan fingerprint density at radius 2 is 1.95 bits per heavy atom. The number of halogens is 1. The van der Waals surface area contributed by atoms with Crippen molar-refractivity contribution < 1.29 is 13.9 Å². The van der Waals surface area contributed by atoms with Crippen molar-refractivity contribution >= 4 is 6.03 Å². The SMILES string of the molecule is CC(C)Oc1ccc(CNC(=O)NCC(C)(C)C)cc1F. The van der Waals surface area contributed by atoms with Gasteiger partial charge in [0.1, 0.15) is 0 Å². The minimum atomic E-state index is -0.418. The Hall–Kier alpha value is -1.78. The van der Waals surface area contributed by atoms with Crippen LogP contribution in [0, 0.1) is 11.2 Å². The molecule has 5 heteroatoms. The van der Waals surface area contributed by atoms with Gasteiger partial charge in [-0.15, -0.1) is 0 Å². The first kappa shape index (κ1) is 17.3. The maximum absolute atomic E-state index is 13.8. The molecule has 0 spiro atoms. The summed E-state index contributed by atoms with van der Waals surface area (Å²) in [5.41, 5.74) is 0.716. The van der Waals surface area contributed by atoms with Crippen LogP contribution in [0.5, 0.6) is 5.75 Å². The zero-order valence-electron chi connectivity index (χ0n) is 13.4. The van der Waals surface area contributed by atoms with Crippen molar-refractivity contribution in [1.29, 1.82) is 0 Å². The van der Waals surface area contributed by atoms with Crippen molar-refractivity contribution in [2.75, 3.05) is 6.54 Å². The molecule has 0 atom stereocenters. The number of carbonyl (C=O) groups excluding carboxylic acids is 1. The van der Waals surface area contributed by atoms with Gasteiger partial charge in [0, 0.05) is 13.1 Å². The Morgan fingerprint density at radius 1 is 1.29 bits per heavy atom. The number of rotatable bonds is 5. The lowest BCUT2D eigenvalue weighted by Crippen LogP contribution is -2.39. The van der Waals surface area contributed by atoms with Gasteiger partial charge in [-0.1, -0.05) is 26.8 Å². The third-order valence-corrected chi connectivity index (χ3v) is 2.59. The molecule has 0 fully saturated rings. The van der Waals surface area contributed by atoms with Gasteiger partial charge in [-0.3, -0.25) is 0 Å². The van der Waals surface area contributed by atoms with E-state index >= 15 is 0 Å². The van der Waals surface area contributed by atoms with Crippen LogP contribution in [0.15, 0.2) is 18.2 Å². The first-order valence-corrected chi connectivity index (χ1v) is 7.14. The van der Waals surface area contributed by atoms with Gasteiger partial charge in [-0.25, -0.2) is 9.18 Å². The van der Waals surface area contributed by atoms with Crippen LogP contribution in [-0.2, 0) is 6.54 Å². The molecular weight excluding hydrogens is 271 g/mol. The number of hydrogen-bond acceptors (Lipinski definition) is 2.